The standard InChI is InChI=1S/C17H26N2O2/c1-13-10-15(21-16-5-3-9-20-12-16)6-7-17(13)19-8-2-4-14(18)11-19/h6-7,10,14,16H,2-5,8-9,11-12,18H2,1H3. The second-order valence-electron chi connectivity index (χ2n) is 6.25. The first-order chi connectivity index (χ1) is 10.2. The summed E-state index contributed by atoms with van der Waals surface area (Å²) >= 11 is 0. The molecule has 2 fully saturated rings. The molecule has 2 N–H and O–H groups in total. The van der Waals surface area contributed by atoms with Gasteiger partial charge in [-0.2, -0.15) is 0 Å². The summed E-state index contributed by atoms with van der Waals surface area (Å²) in [5.41, 5.74) is 8.64. The highest BCUT2D eigenvalue weighted by atomic mass is 16.5. The van der Waals surface area contributed by atoms with Gasteiger partial charge in [0, 0.05) is 31.4 Å². The first kappa shape index (κ1) is 14.7. The summed E-state index contributed by atoms with van der Waals surface area (Å²) in [5, 5.41) is 0. The molecule has 2 aliphatic rings. The molecule has 0 aliphatic carbocycles. The Morgan fingerprint density at radius 2 is 2.19 bits per heavy atom. The van der Waals surface area contributed by atoms with Crippen molar-refractivity contribution in [2.24, 2.45) is 5.73 Å². The molecule has 116 valence electrons. The molecule has 1 aromatic carbocycles. The van der Waals surface area contributed by atoms with Gasteiger partial charge in [-0.1, -0.05) is 0 Å². The van der Waals surface area contributed by atoms with Crippen molar-refractivity contribution in [2.45, 2.75) is 44.8 Å². The summed E-state index contributed by atoms with van der Waals surface area (Å²) in [6, 6.07) is 6.70. The normalized spacial score (nSPS) is 26.7. The molecule has 2 unspecified atom stereocenters. The van der Waals surface area contributed by atoms with E-state index in [1.807, 2.05) is 0 Å². The van der Waals surface area contributed by atoms with Crippen molar-refractivity contribution in [3.05, 3.63) is 23.8 Å². The van der Waals surface area contributed by atoms with Crippen LogP contribution >= 0.6 is 0 Å². The molecule has 2 heterocycles. The number of rotatable bonds is 3. The van der Waals surface area contributed by atoms with E-state index >= 15 is 0 Å². The number of nitrogens with two attached hydrogens (primary N) is 1. The first-order valence-electron chi connectivity index (χ1n) is 8.08. The number of hydrogen-bond acceptors (Lipinski definition) is 4. The highest BCUT2D eigenvalue weighted by Gasteiger charge is 2.19. The van der Waals surface area contributed by atoms with Crippen LogP contribution in [0.25, 0.3) is 0 Å². The van der Waals surface area contributed by atoms with E-state index in [-0.39, 0.29) is 6.10 Å². The smallest absolute Gasteiger partial charge is 0.122 e. The Kier molecular flexibility index (Phi) is 4.66. The molecular weight excluding hydrogens is 264 g/mol. The van der Waals surface area contributed by atoms with Crippen molar-refractivity contribution >= 4 is 5.69 Å². The Morgan fingerprint density at radius 1 is 1.29 bits per heavy atom. The molecule has 0 saturated carbocycles. The summed E-state index contributed by atoms with van der Waals surface area (Å²) < 4.78 is 11.5. The van der Waals surface area contributed by atoms with E-state index in [4.69, 9.17) is 15.2 Å². The summed E-state index contributed by atoms with van der Waals surface area (Å²) in [7, 11) is 0. The zero-order valence-corrected chi connectivity index (χ0v) is 12.9. The molecule has 21 heavy (non-hydrogen) atoms. The highest BCUT2D eigenvalue weighted by molar-refractivity contribution is 5.56. The third kappa shape index (κ3) is 3.69. The largest absolute Gasteiger partial charge is 0.488 e. The van der Waals surface area contributed by atoms with Crippen LogP contribution in [0, 0.1) is 6.92 Å². The lowest BCUT2D eigenvalue weighted by atomic mass is 10.0. The Hall–Kier alpha value is -1.26. The van der Waals surface area contributed by atoms with Crippen molar-refractivity contribution in [1.82, 2.24) is 0 Å². The van der Waals surface area contributed by atoms with E-state index < -0.39 is 0 Å². The average molecular weight is 290 g/mol. The van der Waals surface area contributed by atoms with E-state index in [2.05, 4.69) is 30.0 Å². The molecule has 2 atom stereocenters. The van der Waals surface area contributed by atoms with Crippen LogP contribution in [0.2, 0.25) is 0 Å². The molecule has 4 heteroatoms. The zero-order valence-electron chi connectivity index (χ0n) is 12.9. The maximum Gasteiger partial charge on any atom is 0.122 e. The minimum atomic E-state index is 0.201. The quantitative estimate of drug-likeness (QED) is 0.929. The molecule has 0 spiro atoms. The Morgan fingerprint density at radius 3 is 2.90 bits per heavy atom. The topological polar surface area (TPSA) is 47.7 Å². The van der Waals surface area contributed by atoms with Gasteiger partial charge in [-0.05, 0) is 56.4 Å². The van der Waals surface area contributed by atoms with Gasteiger partial charge >= 0.3 is 0 Å². The fraction of sp³-hybridized carbons (Fsp3) is 0.647. The molecule has 0 radical (unpaired) electrons. The monoisotopic (exact) mass is 290 g/mol. The molecule has 2 aliphatic heterocycles. The number of benzene rings is 1. The number of anilines is 1. The van der Waals surface area contributed by atoms with E-state index in [9.17, 15) is 0 Å². The van der Waals surface area contributed by atoms with E-state index in [1.165, 1.54) is 17.7 Å². The van der Waals surface area contributed by atoms with Gasteiger partial charge in [0.15, 0.2) is 0 Å². The lowest BCUT2D eigenvalue weighted by Crippen LogP contribution is -2.43. The number of hydrogen-bond donors (Lipinski definition) is 1. The summed E-state index contributed by atoms with van der Waals surface area (Å²) in [4.78, 5) is 2.40. The average Bonchev–Trinajstić information content (AvgIpc) is 2.48. The highest BCUT2D eigenvalue weighted by Crippen LogP contribution is 2.28. The van der Waals surface area contributed by atoms with E-state index in [1.54, 1.807) is 0 Å². The van der Waals surface area contributed by atoms with Gasteiger partial charge in [0.2, 0.25) is 0 Å². The van der Waals surface area contributed by atoms with Crippen LogP contribution in [-0.2, 0) is 4.74 Å². The molecular formula is C17H26N2O2. The maximum atomic E-state index is 6.09. The third-order valence-corrected chi connectivity index (χ3v) is 4.39. The van der Waals surface area contributed by atoms with Crippen LogP contribution in [0.5, 0.6) is 5.75 Å². The molecule has 0 amide bonds. The van der Waals surface area contributed by atoms with Crippen LogP contribution in [0.3, 0.4) is 0 Å². The third-order valence-electron chi connectivity index (χ3n) is 4.39. The minimum Gasteiger partial charge on any atom is -0.488 e. The van der Waals surface area contributed by atoms with Crippen LogP contribution in [0.15, 0.2) is 18.2 Å². The fourth-order valence-electron chi connectivity index (χ4n) is 3.28. The van der Waals surface area contributed by atoms with Crippen LogP contribution in [0.4, 0.5) is 5.69 Å². The van der Waals surface area contributed by atoms with Crippen molar-refractivity contribution in [2.75, 3.05) is 31.2 Å². The van der Waals surface area contributed by atoms with Crippen LogP contribution < -0.4 is 15.4 Å². The predicted molar refractivity (Wildman–Crippen MR) is 85.1 cm³/mol. The van der Waals surface area contributed by atoms with E-state index in [0.717, 1.165) is 44.7 Å². The summed E-state index contributed by atoms with van der Waals surface area (Å²) in [6.45, 7) is 5.79. The van der Waals surface area contributed by atoms with Crippen molar-refractivity contribution < 1.29 is 9.47 Å². The molecule has 2 saturated heterocycles. The predicted octanol–water partition coefficient (Wildman–Crippen LogP) is 2.48. The Bertz CT molecular complexity index is 472. The van der Waals surface area contributed by atoms with Crippen molar-refractivity contribution in [3.63, 3.8) is 0 Å². The van der Waals surface area contributed by atoms with E-state index in [0.29, 0.717) is 12.6 Å². The van der Waals surface area contributed by atoms with Gasteiger partial charge in [-0.25, -0.2) is 0 Å². The molecule has 3 rings (SSSR count). The SMILES string of the molecule is Cc1cc(OC2CCCOC2)ccc1N1CCCC(N)C1. The molecule has 0 bridgehead atoms. The number of ether oxygens (including phenoxy) is 2. The lowest BCUT2D eigenvalue weighted by molar-refractivity contribution is 0.00741. The minimum absolute atomic E-state index is 0.201. The number of piperidine rings is 1. The fourth-order valence-corrected chi connectivity index (χ4v) is 3.28. The molecule has 1 aromatic rings. The maximum absolute atomic E-state index is 6.09. The summed E-state index contributed by atoms with van der Waals surface area (Å²) in [6.07, 6.45) is 4.69. The number of nitrogens with zero attached hydrogens (tertiary/aromatic N) is 1. The van der Waals surface area contributed by atoms with Gasteiger partial charge in [0.1, 0.15) is 11.9 Å². The second-order valence-corrected chi connectivity index (χ2v) is 6.25. The zero-order chi connectivity index (χ0) is 14.7. The van der Waals surface area contributed by atoms with Gasteiger partial charge in [0.25, 0.3) is 0 Å². The van der Waals surface area contributed by atoms with Gasteiger partial charge in [-0.15, -0.1) is 0 Å². The first-order valence-corrected chi connectivity index (χ1v) is 8.08. The Balaban J connectivity index is 1.67. The van der Waals surface area contributed by atoms with Crippen molar-refractivity contribution in [3.8, 4) is 5.75 Å². The second kappa shape index (κ2) is 6.67. The van der Waals surface area contributed by atoms with Gasteiger partial charge < -0.3 is 20.1 Å². The van der Waals surface area contributed by atoms with Gasteiger partial charge in [-0.3, -0.25) is 0 Å². The lowest BCUT2D eigenvalue weighted by Gasteiger charge is -2.34. The Labute approximate surface area is 127 Å². The molecule has 4 nitrogen and oxygen atoms in total. The summed E-state index contributed by atoms with van der Waals surface area (Å²) in [5.74, 6) is 0.952. The molecule has 0 aromatic heterocycles. The number of aryl methyl sites for hydroxylation is 1. The van der Waals surface area contributed by atoms with Crippen LogP contribution in [-0.4, -0.2) is 38.4 Å². The van der Waals surface area contributed by atoms with Crippen molar-refractivity contribution in [1.29, 1.82) is 0 Å². The van der Waals surface area contributed by atoms with Crippen LogP contribution in [0.1, 0.15) is 31.2 Å². The van der Waals surface area contributed by atoms with Gasteiger partial charge in [0.05, 0.1) is 6.61 Å².